The van der Waals surface area contributed by atoms with Crippen molar-refractivity contribution in [3.05, 3.63) is 42.4 Å². The highest BCUT2D eigenvalue weighted by Gasteiger charge is 2.19. The fourth-order valence-corrected chi connectivity index (χ4v) is 5.49. The van der Waals surface area contributed by atoms with Crippen molar-refractivity contribution in [2.75, 3.05) is 11.1 Å². The van der Waals surface area contributed by atoms with E-state index in [9.17, 15) is 24.9 Å². The number of amides is 1. The number of rotatable bonds is 4. The highest BCUT2D eigenvalue weighted by Crippen LogP contribution is 2.35. The van der Waals surface area contributed by atoms with Crippen molar-refractivity contribution in [3.63, 3.8) is 0 Å². The van der Waals surface area contributed by atoms with Gasteiger partial charge in [0.2, 0.25) is 5.91 Å². The summed E-state index contributed by atoms with van der Waals surface area (Å²) in [5.41, 5.74) is 0.356. The molecule has 3 aromatic rings. The predicted molar refractivity (Wildman–Crippen MR) is 106 cm³/mol. The molecule has 0 aromatic carbocycles. The normalized spacial score (nSPS) is 10.5. The van der Waals surface area contributed by atoms with Crippen LogP contribution in [0.25, 0.3) is 10.2 Å². The second-order valence-electron chi connectivity index (χ2n) is 5.42. The predicted octanol–water partition coefficient (Wildman–Crippen LogP) is 2.43. The lowest BCUT2D eigenvalue weighted by molar-refractivity contribution is -0.113. The number of nitrogens with one attached hydrogen (secondary N) is 3. The molecule has 3 rings (SSSR count). The number of thiophene rings is 2. The van der Waals surface area contributed by atoms with E-state index in [0.717, 1.165) is 33.5 Å². The van der Waals surface area contributed by atoms with Crippen molar-refractivity contribution in [2.45, 2.75) is 18.1 Å². The van der Waals surface area contributed by atoms with Crippen LogP contribution in [0.5, 0.6) is 0 Å². The lowest BCUT2D eigenvalue weighted by atomic mass is 10.2. The van der Waals surface area contributed by atoms with Gasteiger partial charge >= 0.3 is 5.69 Å². The number of aromatic amines is 2. The second-order valence-corrected chi connectivity index (χ2v) is 8.91. The lowest BCUT2D eigenvalue weighted by Gasteiger charge is -2.02. The molecule has 3 heterocycles. The number of nitriles is 2. The highest BCUT2D eigenvalue weighted by molar-refractivity contribution is 8.02. The summed E-state index contributed by atoms with van der Waals surface area (Å²) in [5, 5.41) is 21.8. The molecule has 0 saturated carbocycles. The minimum absolute atomic E-state index is 0.00942. The third-order valence-corrected chi connectivity index (χ3v) is 7.33. The zero-order valence-electron chi connectivity index (χ0n) is 14.1. The van der Waals surface area contributed by atoms with Crippen molar-refractivity contribution in [1.29, 1.82) is 10.5 Å². The molecule has 0 saturated heterocycles. The molecule has 1 amide bonds. The molecule has 8 nitrogen and oxygen atoms in total. The van der Waals surface area contributed by atoms with Gasteiger partial charge in [-0.1, -0.05) is 0 Å². The molecule has 27 heavy (non-hydrogen) atoms. The van der Waals surface area contributed by atoms with Crippen LogP contribution in [0.1, 0.15) is 21.6 Å². The Bertz CT molecular complexity index is 1270. The number of aryl methyl sites for hydroxylation is 1. The number of thioether (sulfide) groups is 1. The van der Waals surface area contributed by atoms with Gasteiger partial charge < -0.3 is 10.3 Å². The van der Waals surface area contributed by atoms with E-state index in [0.29, 0.717) is 14.8 Å². The van der Waals surface area contributed by atoms with Gasteiger partial charge in [-0.2, -0.15) is 10.5 Å². The Hall–Kier alpha value is -2.86. The van der Waals surface area contributed by atoms with Crippen LogP contribution in [-0.2, 0) is 4.79 Å². The van der Waals surface area contributed by atoms with Crippen molar-refractivity contribution in [1.82, 2.24) is 9.97 Å². The lowest BCUT2D eigenvalue weighted by Crippen LogP contribution is -2.20. The van der Waals surface area contributed by atoms with Crippen molar-refractivity contribution in [2.24, 2.45) is 0 Å². The SMILES string of the molecule is Cc1sc(NC(=O)CSc2sc3c(=O)[nH]c(=O)[nH]c3c2C#N)c(C#N)c1C. The monoisotopic (exact) mass is 417 g/mol. The first-order valence-electron chi connectivity index (χ1n) is 7.47. The Morgan fingerprint density at radius 2 is 1.85 bits per heavy atom. The molecule has 0 bridgehead atoms. The molecule has 0 unspecified atom stereocenters. The zero-order valence-corrected chi connectivity index (χ0v) is 16.5. The van der Waals surface area contributed by atoms with E-state index in [-0.39, 0.29) is 27.4 Å². The Balaban J connectivity index is 1.82. The van der Waals surface area contributed by atoms with E-state index >= 15 is 0 Å². The molecule has 0 radical (unpaired) electrons. The molecular formula is C16H11N5O3S3. The summed E-state index contributed by atoms with van der Waals surface area (Å²) >= 11 is 3.47. The molecule has 0 aliphatic rings. The van der Waals surface area contributed by atoms with E-state index < -0.39 is 11.2 Å². The van der Waals surface area contributed by atoms with Gasteiger partial charge in [0.05, 0.1) is 21.0 Å². The van der Waals surface area contributed by atoms with Gasteiger partial charge in [-0.05, 0) is 19.4 Å². The van der Waals surface area contributed by atoms with Crippen LogP contribution in [-0.4, -0.2) is 21.6 Å². The van der Waals surface area contributed by atoms with Crippen LogP contribution >= 0.6 is 34.4 Å². The van der Waals surface area contributed by atoms with E-state index in [4.69, 9.17) is 0 Å². The fraction of sp³-hybridized carbons (Fsp3) is 0.188. The van der Waals surface area contributed by atoms with Crippen LogP contribution in [0.2, 0.25) is 0 Å². The van der Waals surface area contributed by atoms with E-state index in [1.165, 1.54) is 11.3 Å². The smallest absolute Gasteiger partial charge is 0.316 e. The first-order valence-corrected chi connectivity index (χ1v) is 10.1. The quantitative estimate of drug-likeness (QED) is 0.557. The number of fused-ring (bicyclic) bond motifs is 1. The van der Waals surface area contributed by atoms with E-state index in [2.05, 4.69) is 21.4 Å². The minimum Gasteiger partial charge on any atom is -0.316 e. The van der Waals surface area contributed by atoms with Crippen molar-refractivity contribution >= 4 is 55.6 Å². The van der Waals surface area contributed by atoms with Gasteiger partial charge in [0.15, 0.2) is 0 Å². The minimum atomic E-state index is -0.691. The number of aromatic nitrogens is 2. The number of anilines is 1. The summed E-state index contributed by atoms with van der Waals surface area (Å²) in [6, 6.07) is 4.06. The van der Waals surface area contributed by atoms with Crippen molar-refractivity contribution < 1.29 is 4.79 Å². The maximum absolute atomic E-state index is 12.3. The Morgan fingerprint density at radius 3 is 2.52 bits per heavy atom. The molecule has 0 spiro atoms. The van der Waals surface area contributed by atoms with Gasteiger partial charge in [-0.3, -0.25) is 14.6 Å². The third-order valence-electron chi connectivity index (χ3n) is 3.74. The topological polar surface area (TPSA) is 142 Å². The summed E-state index contributed by atoms with van der Waals surface area (Å²) in [5.74, 6) is -0.341. The second kappa shape index (κ2) is 7.40. The number of H-pyrrole nitrogens is 2. The number of nitrogens with zero attached hydrogens (tertiary/aromatic N) is 2. The highest BCUT2D eigenvalue weighted by atomic mass is 32.2. The Morgan fingerprint density at radius 1 is 1.15 bits per heavy atom. The van der Waals surface area contributed by atoms with Crippen LogP contribution < -0.4 is 16.6 Å². The molecule has 3 N–H and O–H groups in total. The molecule has 3 aromatic heterocycles. The zero-order chi connectivity index (χ0) is 19.7. The Labute approximate surface area is 164 Å². The van der Waals surface area contributed by atoms with Gasteiger partial charge in [-0.25, -0.2) is 4.79 Å². The average molecular weight is 417 g/mol. The summed E-state index contributed by atoms with van der Waals surface area (Å²) in [6.45, 7) is 3.70. The molecule has 0 aliphatic carbocycles. The molecule has 0 fully saturated rings. The van der Waals surface area contributed by atoms with Crippen LogP contribution in [0.3, 0.4) is 0 Å². The summed E-state index contributed by atoms with van der Waals surface area (Å²) in [6.07, 6.45) is 0. The Kier molecular flexibility index (Phi) is 5.19. The molecule has 0 aliphatic heterocycles. The van der Waals surface area contributed by atoms with Crippen LogP contribution in [0.15, 0.2) is 13.8 Å². The standard InChI is InChI=1S/C16H11N5O3S3/c1-6-7(2)26-14(8(6)3-17)19-10(22)5-25-15-9(4-18)11-12(27-15)13(23)21-16(24)20-11/h5H2,1-2H3,(H,19,22)(H2,20,21,23,24). The van der Waals surface area contributed by atoms with E-state index in [1.807, 2.05) is 19.9 Å². The average Bonchev–Trinajstić information content (AvgIpc) is 3.10. The van der Waals surface area contributed by atoms with E-state index in [1.54, 1.807) is 0 Å². The van der Waals surface area contributed by atoms with Crippen molar-refractivity contribution in [3.8, 4) is 12.1 Å². The fourth-order valence-electron chi connectivity index (χ4n) is 2.34. The number of hydrogen-bond donors (Lipinski definition) is 3. The first-order chi connectivity index (χ1) is 12.8. The molecule has 136 valence electrons. The maximum Gasteiger partial charge on any atom is 0.326 e. The number of hydrogen-bond acceptors (Lipinski definition) is 8. The first kappa shape index (κ1) is 18.9. The van der Waals surface area contributed by atoms with Gasteiger partial charge in [0.1, 0.15) is 27.4 Å². The van der Waals surface area contributed by atoms with Gasteiger partial charge in [-0.15, -0.1) is 34.4 Å². The number of carbonyl (C=O) groups excluding carboxylic acids is 1. The maximum atomic E-state index is 12.3. The van der Waals surface area contributed by atoms with Gasteiger partial charge in [0.25, 0.3) is 5.56 Å². The summed E-state index contributed by atoms with van der Waals surface area (Å²) in [7, 11) is 0. The number of carbonyl (C=O) groups is 1. The molecule has 11 heteroatoms. The van der Waals surface area contributed by atoms with Gasteiger partial charge in [0, 0.05) is 4.88 Å². The molecular weight excluding hydrogens is 406 g/mol. The molecule has 0 atom stereocenters. The van der Waals surface area contributed by atoms with Crippen LogP contribution in [0, 0.1) is 36.5 Å². The summed E-state index contributed by atoms with van der Waals surface area (Å²) < 4.78 is 0.694. The largest absolute Gasteiger partial charge is 0.326 e. The third kappa shape index (κ3) is 3.53. The van der Waals surface area contributed by atoms with Crippen LogP contribution in [0.4, 0.5) is 5.00 Å². The summed E-state index contributed by atoms with van der Waals surface area (Å²) in [4.78, 5) is 41.1.